The van der Waals surface area contributed by atoms with Gasteiger partial charge < -0.3 is 20.8 Å². The fourth-order valence-corrected chi connectivity index (χ4v) is 1.97. The molecule has 25 heavy (non-hydrogen) atoms. The molecule has 0 radical (unpaired) electrons. The van der Waals surface area contributed by atoms with E-state index in [1.165, 1.54) is 24.3 Å². The number of nitrogens with zero attached hydrogens (tertiary/aromatic N) is 1. The first-order valence-corrected chi connectivity index (χ1v) is 7.48. The Bertz CT molecular complexity index is 734. The number of aliphatic carboxylic acids is 1. The zero-order chi connectivity index (χ0) is 19.0. The van der Waals surface area contributed by atoms with Crippen LogP contribution in [-0.4, -0.2) is 34.1 Å². The van der Waals surface area contributed by atoms with Crippen molar-refractivity contribution >= 4 is 23.5 Å². The Kier molecular flexibility index (Phi) is 7.16. The molecule has 8 nitrogen and oxygen atoms in total. The molecule has 0 saturated carbocycles. The largest absolute Gasteiger partial charge is 0.480 e. The minimum Gasteiger partial charge on any atom is -0.480 e. The molecule has 4 N–H and O–H groups in total. The Morgan fingerprint density at radius 1 is 1.28 bits per heavy atom. The van der Waals surface area contributed by atoms with E-state index < -0.39 is 23.9 Å². The third kappa shape index (κ3) is 6.35. The van der Waals surface area contributed by atoms with Crippen molar-refractivity contribution in [2.45, 2.75) is 26.3 Å². The van der Waals surface area contributed by atoms with E-state index in [1.54, 1.807) is 6.07 Å². The molecule has 0 spiro atoms. The molecule has 1 aromatic rings. The summed E-state index contributed by atoms with van der Waals surface area (Å²) >= 11 is 0. The molecule has 0 aromatic heterocycles. The maximum Gasteiger partial charge on any atom is 0.335 e. The van der Waals surface area contributed by atoms with Crippen molar-refractivity contribution in [1.82, 2.24) is 5.32 Å². The number of rotatable bonds is 8. The van der Waals surface area contributed by atoms with Crippen molar-refractivity contribution in [2.75, 3.05) is 5.32 Å². The zero-order valence-electron chi connectivity index (χ0n) is 13.8. The fraction of sp³-hybridized carbons (Fsp3) is 0.294. The Morgan fingerprint density at radius 2 is 1.96 bits per heavy atom. The van der Waals surface area contributed by atoms with E-state index in [2.05, 4.69) is 10.6 Å². The van der Waals surface area contributed by atoms with Crippen LogP contribution in [0, 0.1) is 17.2 Å². The van der Waals surface area contributed by atoms with Crippen LogP contribution < -0.4 is 10.6 Å². The first-order chi connectivity index (χ1) is 11.7. The van der Waals surface area contributed by atoms with Crippen LogP contribution >= 0.6 is 0 Å². The van der Waals surface area contributed by atoms with Crippen LogP contribution in [0.2, 0.25) is 0 Å². The van der Waals surface area contributed by atoms with Crippen LogP contribution in [0.4, 0.5) is 5.69 Å². The third-order valence-electron chi connectivity index (χ3n) is 3.17. The summed E-state index contributed by atoms with van der Waals surface area (Å²) in [5, 5.41) is 32.1. The highest BCUT2D eigenvalue weighted by Crippen LogP contribution is 2.12. The molecule has 0 heterocycles. The number of amides is 1. The lowest BCUT2D eigenvalue weighted by molar-refractivity contribution is -0.139. The van der Waals surface area contributed by atoms with Crippen molar-refractivity contribution in [3.63, 3.8) is 0 Å². The number of carboxylic acid groups (broad SMARTS) is 2. The van der Waals surface area contributed by atoms with Gasteiger partial charge in [-0.3, -0.25) is 4.79 Å². The van der Waals surface area contributed by atoms with E-state index in [0.29, 0.717) is 6.42 Å². The number of carbonyl (C=O) groups excluding carboxylic acids is 1. The van der Waals surface area contributed by atoms with Gasteiger partial charge in [0, 0.05) is 11.9 Å². The number of anilines is 1. The molecule has 0 bridgehead atoms. The molecular weight excluding hydrogens is 326 g/mol. The second kappa shape index (κ2) is 9.08. The molecule has 132 valence electrons. The summed E-state index contributed by atoms with van der Waals surface area (Å²) in [6.45, 7) is 3.71. The third-order valence-corrected chi connectivity index (χ3v) is 3.17. The van der Waals surface area contributed by atoms with Gasteiger partial charge in [-0.15, -0.1) is 0 Å². The molecule has 8 heteroatoms. The van der Waals surface area contributed by atoms with Crippen LogP contribution in [0.25, 0.3) is 0 Å². The number of aromatic carboxylic acids is 1. The highest BCUT2D eigenvalue weighted by atomic mass is 16.4. The van der Waals surface area contributed by atoms with Gasteiger partial charge in [-0.2, -0.15) is 5.26 Å². The highest BCUT2D eigenvalue weighted by molar-refractivity contribution is 6.06. The summed E-state index contributed by atoms with van der Waals surface area (Å²) in [7, 11) is 0. The minimum atomic E-state index is -1.15. The van der Waals surface area contributed by atoms with E-state index in [1.807, 2.05) is 13.8 Å². The second-order valence-electron chi connectivity index (χ2n) is 5.70. The average Bonchev–Trinajstić information content (AvgIpc) is 2.53. The molecule has 0 saturated heterocycles. The van der Waals surface area contributed by atoms with Gasteiger partial charge >= 0.3 is 11.9 Å². The first-order valence-electron chi connectivity index (χ1n) is 7.48. The maximum absolute atomic E-state index is 12.1. The smallest absolute Gasteiger partial charge is 0.335 e. The van der Waals surface area contributed by atoms with E-state index >= 15 is 0 Å². The molecule has 1 rings (SSSR count). The highest BCUT2D eigenvalue weighted by Gasteiger charge is 2.18. The van der Waals surface area contributed by atoms with Crippen LogP contribution in [0.5, 0.6) is 0 Å². The summed E-state index contributed by atoms with van der Waals surface area (Å²) in [5.74, 6) is -2.89. The van der Waals surface area contributed by atoms with Crippen molar-refractivity contribution in [2.24, 2.45) is 5.92 Å². The summed E-state index contributed by atoms with van der Waals surface area (Å²) in [5.41, 5.74) is -0.125. The van der Waals surface area contributed by atoms with Crippen LogP contribution in [-0.2, 0) is 9.59 Å². The SMILES string of the molecule is CC(C)CC(N/C=C(/C#N)C(=O)Nc1cccc(C(=O)O)c1)C(=O)O. The molecule has 1 aromatic carbocycles. The summed E-state index contributed by atoms with van der Waals surface area (Å²) in [4.78, 5) is 34.2. The number of hydrogen-bond donors (Lipinski definition) is 4. The molecule has 0 aliphatic heterocycles. The summed E-state index contributed by atoms with van der Waals surface area (Å²) in [6, 6.07) is 6.31. The molecule has 1 amide bonds. The molecule has 0 aliphatic rings. The number of hydrogen-bond acceptors (Lipinski definition) is 5. The number of carboxylic acids is 2. The van der Waals surface area contributed by atoms with Crippen molar-refractivity contribution in [3.05, 3.63) is 41.6 Å². The Hall–Kier alpha value is -3.34. The standard InChI is InChI=1S/C17H19N3O5/c1-10(2)6-14(17(24)25)19-9-12(8-18)15(21)20-13-5-3-4-11(7-13)16(22)23/h3-5,7,9-10,14,19H,6H2,1-2H3,(H,20,21)(H,22,23)(H,24,25)/b12-9-. The van der Waals surface area contributed by atoms with Gasteiger partial charge in [-0.1, -0.05) is 19.9 Å². The predicted molar refractivity (Wildman–Crippen MR) is 89.7 cm³/mol. The fourth-order valence-electron chi connectivity index (χ4n) is 1.97. The van der Waals surface area contributed by atoms with E-state index in [-0.39, 0.29) is 22.7 Å². The van der Waals surface area contributed by atoms with E-state index in [9.17, 15) is 14.4 Å². The lowest BCUT2D eigenvalue weighted by Crippen LogP contribution is -2.35. The average molecular weight is 345 g/mol. The predicted octanol–water partition coefficient (Wildman–Crippen LogP) is 1.82. The van der Waals surface area contributed by atoms with Gasteiger partial charge in [0.2, 0.25) is 0 Å². The Balaban J connectivity index is 2.86. The van der Waals surface area contributed by atoms with Crippen LogP contribution in [0.3, 0.4) is 0 Å². The normalized spacial score (nSPS) is 12.2. The summed E-state index contributed by atoms with van der Waals surface area (Å²) < 4.78 is 0. The lowest BCUT2D eigenvalue weighted by atomic mass is 10.0. The summed E-state index contributed by atoms with van der Waals surface area (Å²) in [6.07, 6.45) is 1.38. The monoisotopic (exact) mass is 345 g/mol. The van der Waals surface area contributed by atoms with Crippen molar-refractivity contribution < 1.29 is 24.6 Å². The second-order valence-corrected chi connectivity index (χ2v) is 5.70. The molecule has 0 aliphatic carbocycles. The van der Waals surface area contributed by atoms with Crippen molar-refractivity contribution in [3.8, 4) is 6.07 Å². The van der Waals surface area contributed by atoms with Crippen LogP contribution in [0.1, 0.15) is 30.6 Å². The number of benzene rings is 1. The number of carbonyl (C=O) groups is 3. The number of nitrogens with one attached hydrogen (secondary N) is 2. The van der Waals surface area contributed by atoms with Crippen molar-refractivity contribution in [1.29, 1.82) is 5.26 Å². The van der Waals surface area contributed by atoms with Gasteiger partial charge in [0.1, 0.15) is 17.7 Å². The van der Waals surface area contributed by atoms with E-state index in [4.69, 9.17) is 15.5 Å². The van der Waals surface area contributed by atoms with Gasteiger partial charge in [0.25, 0.3) is 5.91 Å². The minimum absolute atomic E-state index is 0.0127. The van der Waals surface area contributed by atoms with Gasteiger partial charge in [0.05, 0.1) is 5.56 Å². The van der Waals surface area contributed by atoms with E-state index in [0.717, 1.165) is 6.20 Å². The molecular formula is C17H19N3O5. The Labute approximate surface area is 144 Å². The van der Waals surface area contributed by atoms with Gasteiger partial charge in [-0.25, -0.2) is 9.59 Å². The number of nitriles is 1. The Morgan fingerprint density at radius 3 is 2.48 bits per heavy atom. The van der Waals surface area contributed by atoms with Crippen LogP contribution in [0.15, 0.2) is 36.0 Å². The molecule has 1 atom stereocenters. The quantitative estimate of drug-likeness (QED) is 0.416. The topological polar surface area (TPSA) is 140 Å². The molecule has 1 unspecified atom stereocenters. The maximum atomic E-state index is 12.1. The molecule has 0 fully saturated rings. The first kappa shape index (κ1) is 19.7. The zero-order valence-corrected chi connectivity index (χ0v) is 13.8. The van der Waals surface area contributed by atoms with Gasteiger partial charge in [0.15, 0.2) is 0 Å². The van der Waals surface area contributed by atoms with Gasteiger partial charge in [-0.05, 0) is 30.5 Å². The lowest BCUT2D eigenvalue weighted by Gasteiger charge is -2.15.